The van der Waals surface area contributed by atoms with Crippen LogP contribution in [0.15, 0.2) is 24.3 Å². The monoisotopic (exact) mass is 344 g/mol. The predicted octanol–water partition coefficient (Wildman–Crippen LogP) is 3.37. The third kappa shape index (κ3) is 3.71. The third-order valence-electron chi connectivity index (χ3n) is 5.23. The molecule has 2 heterocycles. The van der Waals surface area contributed by atoms with Crippen molar-refractivity contribution in [3.63, 3.8) is 0 Å². The van der Waals surface area contributed by atoms with Crippen LogP contribution < -0.4 is 9.64 Å². The molecule has 0 aliphatic carbocycles. The van der Waals surface area contributed by atoms with Gasteiger partial charge in [0.25, 0.3) is 5.91 Å². The lowest BCUT2D eigenvalue weighted by molar-refractivity contribution is -0.123. The summed E-state index contributed by atoms with van der Waals surface area (Å²) in [6, 6.07) is 7.38. The molecular formula is C20H28N2O3. The van der Waals surface area contributed by atoms with Crippen LogP contribution >= 0.6 is 0 Å². The zero-order chi connectivity index (χ0) is 17.8. The van der Waals surface area contributed by atoms with Crippen molar-refractivity contribution < 1.29 is 14.3 Å². The van der Waals surface area contributed by atoms with Gasteiger partial charge >= 0.3 is 0 Å². The fourth-order valence-corrected chi connectivity index (χ4v) is 3.93. The molecule has 0 bridgehead atoms. The van der Waals surface area contributed by atoms with Gasteiger partial charge in [0, 0.05) is 6.04 Å². The van der Waals surface area contributed by atoms with E-state index in [1.54, 1.807) is 12.1 Å². The van der Waals surface area contributed by atoms with Gasteiger partial charge in [-0.3, -0.25) is 14.5 Å². The maximum Gasteiger partial charge on any atom is 0.251 e. The highest BCUT2D eigenvalue weighted by Gasteiger charge is 2.44. The number of rotatable bonds is 6. The first-order chi connectivity index (χ1) is 12.2. The molecule has 2 aliphatic heterocycles. The second kappa shape index (κ2) is 8.00. The first-order valence-corrected chi connectivity index (χ1v) is 9.51. The quantitative estimate of drug-likeness (QED) is 0.743. The molecule has 136 valence electrons. The van der Waals surface area contributed by atoms with Gasteiger partial charge < -0.3 is 4.74 Å². The van der Waals surface area contributed by atoms with Crippen molar-refractivity contribution in [1.29, 1.82) is 0 Å². The van der Waals surface area contributed by atoms with Gasteiger partial charge in [-0.2, -0.15) is 0 Å². The lowest BCUT2D eigenvalue weighted by Gasteiger charge is -2.38. The summed E-state index contributed by atoms with van der Waals surface area (Å²) in [4.78, 5) is 29.1. The number of imide groups is 1. The zero-order valence-corrected chi connectivity index (χ0v) is 15.2. The summed E-state index contributed by atoms with van der Waals surface area (Å²) in [6.45, 7) is 5.80. The van der Waals surface area contributed by atoms with Gasteiger partial charge in [0.2, 0.25) is 5.91 Å². The Balaban J connectivity index is 1.74. The number of nitrogens with zero attached hydrogens (tertiary/aromatic N) is 2. The molecule has 2 amide bonds. The number of anilines is 1. The fourth-order valence-electron chi connectivity index (χ4n) is 3.93. The summed E-state index contributed by atoms with van der Waals surface area (Å²) in [6.07, 6.45) is 5.72. The topological polar surface area (TPSA) is 49.9 Å². The minimum atomic E-state index is -0.297. The lowest BCUT2D eigenvalue weighted by atomic mass is 9.97. The van der Waals surface area contributed by atoms with Crippen molar-refractivity contribution in [2.45, 2.75) is 64.5 Å². The number of hydrogen-bond donors (Lipinski definition) is 0. The van der Waals surface area contributed by atoms with Gasteiger partial charge in [0.15, 0.2) is 0 Å². The zero-order valence-electron chi connectivity index (χ0n) is 15.2. The number of amides is 2. The van der Waals surface area contributed by atoms with Crippen LogP contribution in [0, 0.1) is 0 Å². The smallest absolute Gasteiger partial charge is 0.251 e. The summed E-state index contributed by atoms with van der Waals surface area (Å²) in [5.41, 5.74) is 0.645. The van der Waals surface area contributed by atoms with E-state index in [4.69, 9.17) is 4.74 Å². The highest BCUT2D eigenvalue weighted by molar-refractivity contribution is 6.22. The second-order valence-electron chi connectivity index (χ2n) is 6.93. The lowest BCUT2D eigenvalue weighted by Crippen LogP contribution is -2.49. The largest absolute Gasteiger partial charge is 0.494 e. The molecule has 0 aromatic heterocycles. The molecule has 2 aliphatic rings. The SMILES string of the molecule is CCCOc1ccc(N2C(=O)CC(N3CCCCC3CC)C2=O)cc1. The molecule has 0 saturated carbocycles. The van der Waals surface area contributed by atoms with Crippen molar-refractivity contribution in [1.82, 2.24) is 4.90 Å². The van der Waals surface area contributed by atoms with Gasteiger partial charge in [-0.05, 0) is 56.5 Å². The van der Waals surface area contributed by atoms with Gasteiger partial charge in [-0.15, -0.1) is 0 Å². The van der Waals surface area contributed by atoms with Crippen LogP contribution in [0.5, 0.6) is 5.75 Å². The standard InChI is InChI=1S/C20H28N2O3/c1-3-13-25-17-10-8-16(9-11-17)22-19(23)14-18(20(22)24)21-12-6-5-7-15(21)4-2/h8-11,15,18H,3-7,12-14H2,1-2H3. The van der Waals surface area contributed by atoms with Crippen LogP contribution in [-0.2, 0) is 9.59 Å². The first-order valence-electron chi connectivity index (χ1n) is 9.51. The van der Waals surface area contributed by atoms with E-state index in [2.05, 4.69) is 18.7 Å². The van der Waals surface area contributed by atoms with E-state index < -0.39 is 0 Å². The summed E-state index contributed by atoms with van der Waals surface area (Å²) < 4.78 is 5.57. The van der Waals surface area contributed by atoms with Crippen molar-refractivity contribution in [3.05, 3.63) is 24.3 Å². The molecule has 5 nitrogen and oxygen atoms in total. The molecular weight excluding hydrogens is 316 g/mol. The molecule has 2 unspecified atom stereocenters. The number of hydrogen-bond acceptors (Lipinski definition) is 4. The van der Waals surface area contributed by atoms with E-state index in [1.807, 2.05) is 12.1 Å². The normalized spacial score (nSPS) is 24.8. The Hall–Kier alpha value is -1.88. The maximum atomic E-state index is 13.0. The van der Waals surface area contributed by atoms with Crippen LogP contribution in [0.3, 0.4) is 0 Å². The Kier molecular flexibility index (Phi) is 5.74. The summed E-state index contributed by atoms with van der Waals surface area (Å²) in [5, 5.41) is 0. The van der Waals surface area contributed by atoms with E-state index in [0.29, 0.717) is 24.8 Å². The van der Waals surface area contributed by atoms with Crippen LogP contribution in [0.1, 0.15) is 52.4 Å². The van der Waals surface area contributed by atoms with E-state index >= 15 is 0 Å². The molecule has 2 saturated heterocycles. The van der Waals surface area contributed by atoms with Crippen molar-refractivity contribution in [2.75, 3.05) is 18.1 Å². The van der Waals surface area contributed by atoms with Crippen LogP contribution in [0.4, 0.5) is 5.69 Å². The average Bonchev–Trinajstić information content (AvgIpc) is 2.94. The average molecular weight is 344 g/mol. The second-order valence-corrected chi connectivity index (χ2v) is 6.93. The summed E-state index contributed by atoms with van der Waals surface area (Å²) in [5.74, 6) is 0.591. The van der Waals surface area contributed by atoms with E-state index in [0.717, 1.165) is 38.0 Å². The fraction of sp³-hybridized carbons (Fsp3) is 0.600. The van der Waals surface area contributed by atoms with E-state index in [9.17, 15) is 9.59 Å². The summed E-state index contributed by atoms with van der Waals surface area (Å²) in [7, 11) is 0. The molecule has 5 heteroatoms. The van der Waals surface area contributed by atoms with Crippen LogP contribution in [0.2, 0.25) is 0 Å². The Morgan fingerprint density at radius 2 is 1.88 bits per heavy atom. The van der Waals surface area contributed by atoms with Gasteiger partial charge in [0.1, 0.15) is 5.75 Å². The summed E-state index contributed by atoms with van der Waals surface area (Å²) >= 11 is 0. The molecule has 1 aromatic carbocycles. The van der Waals surface area contributed by atoms with Crippen molar-refractivity contribution >= 4 is 17.5 Å². The minimum absolute atomic E-state index is 0.0763. The molecule has 1 aromatic rings. The molecule has 25 heavy (non-hydrogen) atoms. The Morgan fingerprint density at radius 1 is 1.12 bits per heavy atom. The molecule has 0 spiro atoms. The number of carbonyl (C=O) groups is 2. The molecule has 2 fully saturated rings. The number of ether oxygens (including phenoxy) is 1. The van der Waals surface area contributed by atoms with Gasteiger partial charge in [-0.25, -0.2) is 4.90 Å². The van der Waals surface area contributed by atoms with Crippen LogP contribution in [-0.4, -0.2) is 41.9 Å². The molecule has 3 rings (SSSR count). The van der Waals surface area contributed by atoms with Crippen molar-refractivity contribution in [3.8, 4) is 5.75 Å². The highest BCUT2D eigenvalue weighted by atomic mass is 16.5. The molecule has 0 N–H and O–H groups in total. The van der Waals surface area contributed by atoms with Gasteiger partial charge in [-0.1, -0.05) is 20.3 Å². The molecule has 2 atom stereocenters. The third-order valence-corrected chi connectivity index (χ3v) is 5.23. The van der Waals surface area contributed by atoms with E-state index in [1.165, 1.54) is 11.3 Å². The first kappa shape index (κ1) is 17.9. The minimum Gasteiger partial charge on any atom is -0.494 e. The number of carbonyl (C=O) groups excluding carboxylic acids is 2. The Labute approximate surface area is 149 Å². The Bertz CT molecular complexity index is 614. The van der Waals surface area contributed by atoms with Crippen molar-refractivity contribution in [2.24, 2.45) is 0 Å². The highest BCUT2D eigenvalue weighted by Crippen LogP contribution is 2.31. The number of benzene rings is 1. The maximum absolute atomic E-state index is 13.0. The molecule has 0 radical (unpaired) electrons. The van der Waals surface area contributed by atoms with Crippen LogP contribution in [0.25, 0.3) is 0 Å². The number of likely N-dealkylation sites (tertiary alicyclic amines) is 1. The van der Waals surface area contributed by atoms with Gasteiger partial charge in [0.05, 0.1) is 24.8 Å². The number of piperidine rings is 1. The predicted molar refractivity (Wildman–Crippen MR) is 97.8 cm³/mol. The van der Waals surface area contributed by atoms with E-state index in [-0.39, 0.29) is 17.9 Å². The Morgan fingerprint density at radius 3 is 2.56 bits per heavy atom.